The van der Waals surface area contributed by atoms with Crippen molar-refractivity contribution in [2.24, 2.45) is 0 Å². The normalized spacial score (nSPS) is 11.6. The third-order valence-electron chi connectivity index (χ3n) is 5.77. The van der Waals surface area contributed by atoms with Crippen LogP contribution in [0.25, 0.3) is 11.0 Å². The predicted octanol–water partition coefficient (Wildman–Crippen LogP) is 5.63. The van der Waals surface area contributed by atoms with Gasteiger partial charge < -0.3 is 19.2 Å². The zero-order valence-electron chi connectivity index (χ0n) is 20.2. The number of carbonyl (C=O) groups is 2. The third-order valence-corrected chi connectivity index (χ3v) is 5.77. The zero-order valence-corrected chi connectivity index (χ0v) is 20.2. The molecule has 0 radical (unpaired) electrons. The summed E-state index contributed by atoms with van der Waals surface area (Å²) in [5.41, 5.74) is 2.69. The summed E-state index contributed by atoms with van der Waals surface area (Å²) < 4.78 is 16.5. The lowest BCUT2D eigenvalue weighted by atomic mass is 10.0. The number of fused-ring (bicyclic) bond motifs is 1. The fourth-order valence-corrected chi connectivity index (χ4v) is 3.97. The second-order valence-corrected chi connectivity index (χ2v) is 8.38. The monoisotopic (exact) mass is 485 g/mol. The summed E-state index contributed by atoms with van der Waals surface area (Å²) in [6, 6.07) is 21.8. The Morgan fingerprint density at radius 1 is 0.972 bits per heavy atom. The van der Waals surface area contributed by atoms with Gasteiger partial charge in [0.15, 0.2) is 6.04 Å². The molecule has 184 valence electrons. The van der Waals surface area contributed by atoms with Crippen molar-refractivity contribution in [1.82, 2.24) is 5.32 Å². The highest BCUT2D eigenvalue weighted by Crippen LogP contribution is 2.30. The van der Waals surface area contributed by atoms with Gasteiger partial charge in [0, 0.05) is 17.0 Å². The first kappa shape index (κ1) is 24.7. The number of ether oxygens (including phenoxy) is 2. The average molecular weight is 486 g/mol. The van der Waals surface area contributed by atoms with Gasteiger partial charge in [-0.05, 0) is 42.2 Å². The van der Waals surface area contributed by atoms with Gasteiger partial charge >= 0.3 is 17.7 Å². The Labute approximate surface area is 208 Å². The molecule has 1 heterocycles. The van der Waals surface area contributed by atoms with E-state index in [1.807, 2.05) is 43.3 Å². The molecule has 0 saturated heterocycles. The van der Waals surface area contributed by atoms with Crippen molar-refractivity contribution >= 4 is 23.0 Å². The summed E-state index contributed by atoms with van der Waals surface area (Å²) in [4.78, 5) is 37.9. The SMILES string of the molecule is CCCc1cc(=O)oc2c(C)c(OC(=O)C(NC(=O)OCc3ccccc3)c3ccccc3)ccc12. The number of nitrogens with one attached hydrogen (secondary N) is 1. The van der Waals surface area contributed by atoms with Crippen LogP contribution in [0.4, 0.5) is 4.79 Å². The fourth-order valence-electron chi connectivity index (χ4n) is 3.97. The van der Waals surface area contributed by atoms with E-state index in [4.69, 9.17) is 13.9 Å². The minimum atomic E-state index is -1.11. The maximum atomic E-state index is 13.3. The smallest absolute Gasteiger partial charge is 0.408 e. The van der Waals surface area contributed by atoms with Crippen molar-refractivity contribution in [3.63, 3.8) is 0 Å². The fraction of sp³-hybridized carbons (Fsp3) is 0.207. The van der Waals surface area contributed by atoms with Crippen LogP contribution in [0.3, 0.4) is 0 Å². The summed E-state index contributed by atoms with van der Waals surface area (Å²) in [5, 5.41) is 3.41. The first-order chi connectivity index (χ1) is 17.5. The van der Waals surface area contributed by atoms with Gasteiger partial charge in [-0.2, -0.15) is 0 Å². The Bertz CT molecular complexity index is 1410. The molecule has 1 unspecified atom stereocenters. The second kappa shape index (κ2) is 11.4. The topological polar surface area (TPSA) is 94.8 Å². The molecule has 3 aromatic carbocycles. The largest absolute Gasteiger partial charge is 0.445 e. The molecule has 4 rings (SSSR count). The summed E-state index contributed by atoms with van der Waals surface area (Å²) >= 11 is 0. The first-order valence-corrected chi connectivity index (χ1v) is 11.8. The highest BCUT2D eigenvalue weighted by atomic mass is 16.6. The Morgan fingerprint density at radius 2 is 1.67 bits per heavy atom. The standard InChI is InChI=1S/C29H27NO6/c1-3-10-22-17-25(31)36-27-19(2)24(16-15-23(22)27)35-28(32)26(21-13-8-5-9-14-21)30-29(33)34-18-20-11-6-4-7-12-20/h4-9,11-17,26H,3,10,18H2,1-2H3,(H,30,33). The summed E-state index contributed by atoms with van der Waals surface area (Å²) in [6.07, 6.45) is 0.848. The quantitative estimate of drug-likeness (QED) is 0.198. The molecule has 36 heavy (non-hydrogen) atoms. The molecule has 0 saturated carbocycles. The van der Waals surface area contributed by atoms with Gasteiger partial charge in [-0.3, -0.25) is 0 Å². The zero-order chi connectivity index (χ0) is 25.5. The summed E-state index contributed by atoms with van der Waals surface area (Å²) in [6.45, 7) is 3.82. The Kier molecular flexibility index (Phi) is 7.80. The van der Waals surface area contributed by atoms with Gasteiger partial charge in [-0.25, -0.2) is 14.4 Å². The molecule has 1 N–H and O–H groups in total. The number of esters is 1. The van der Waals surface area contributed by atoms with E-state index in [1.165, 1.54) is 6.07 Å². The van der Waals surface area contributed by atoms with E-state index in [0.29, 0.717) is 16.7 Å². The molecule has 0 spiro atoms. The molecule has 1 aromatic heterocycles. The minimum Gasteiger partial charge on any atom is -0.445 e. The molecule has 7 nitrogen and oxygen atoms in total. The van der Waals surface area contributed by atoms with E-state index in [9.17, 15) is 14.4 Å². The molecule has 1 atom stereocenters. The number of carbonyl (C=O) groups excluding carboxylic acids is 2. The van der Waals surface area contributed by atoms with Crippen LogP contribution in [0, 0.1) is 6.92 Å². The summed E-state index contributed by atoms with van der Waals surface area (Å²) in [7, 11) is 0. The van der Waals surface area contributed by atoms with Gasteiger partial charge in [0.25, 0.3) is 0 Å². The van der Waals surface area contributed by atoms with Crippen LogP contribution in [-0.4, -0.2) is 12.1 Å². The van der Waals surface area contributed by atoms with E-state index in [0.717, 1.165) is 29.4 Å². The Morgan fingerprint density at radius 3 is 2.36 bits per heavy atom. The van der Waals surface area contributed by atoms with E-state index >= 15 is 0 Å². The Hall–Kier alpha value is -4.39. The number of amides is 1. The number of benzene rings is 3. The average Bonchev–Trinajstić information content (AvgIpc) is 2.89. The van der Waals surface area contributed by atoms with Gasteiger partial charge in [-0.1, -0.05) is 74.0 Å². The Balaban J connectivity index is 1.57. The van der Waals surface area contributed by atoms with E-state index in [2.05, 4.69) is 5.32 Å². The number of rotatable bonds is 8. The van der Waals surface area contributed by atoms with Crippen LogP contribution < -0.4 is 15.7 Å². The molecular weight excluding hydrogens is 458 g/mol. The first-order valence-electron chi connectivity index (χ1n) is 11.8. The lowest BCUT2D eigenvalue weighted by Gasteiger charge is -2.19. The van der Waals surface area contributed by atoms with Gasteiger partial charge in [-0.15, -0.1) is 0 Å². The molecule has 0 aliphatic rings. The molecule has 0 aliphatic carbocycles. The molecule has 0 fully saturated rings. The number of hydrogen-bond acceptors (Lipinski definition) is 6. The maximum absolute atomic E-state index is 13.3. The molecule has 1 amide bonds. The molecule has 4 aromatic rings. The van der Waals surface area contributed by atoms with Crippen molar-refractivity contribution in [3.8, 4) is 5.75 Å². The highest BCUT2D eigenvalue weighted by Gasteiger charge is 2.26. The van der Waals surface area contributed by atoms with E-state index in [-0.39, 0.29) is 12.4 Å². The predicted molar refractivity (Wildman–Crippen MR) is 136 cm³/mol. The van der Waals surface area contributed by atoms with E-state index < -0.39 is 23.7 Å². The third kappa shape index (κ3) is 5.81. The minimum absolute atomic E-state index is 0.0616. The van der Waals surface area contributed by atoms with Crippen molar-refractivity contribution < 1.29 is 23.5 Å². The second-order valence-electron chi connectivity index (χ2n) is 8.38. The van der Waals surface area contributed by atoms with Crippen molar-refractivity contribution in [1.29, 1.82) is 0 Å². The van der Waals surface area contributed by atoms with Crippen LogP contribution >= 0.6 is 0 Å². The number of hydrogen-bond donors (Lipinski definition) is 1. The van der Waals surface area contributed by atoms with E-state index in [1.54, 1.807) is 43.3 Å². The van der Waals surface area contributed by atoms with Crippen LogP contribution in [0.2, 0.25) is 0 Å². The molecule has 7 heteroatoms. The summed E-state index contributed by atoms with van der Waals surface area (Å²) in [5.74, 6) is -0.461. The highest BCUT2D eigenvalue weighted by molar-refractivity contribution is 5.88. The number of aryl methyl sites for hydroxylation is 2. The van der Waals surface area contributed by atoms with Crippen molar-refractivity contribution in [2.45, 2.75) is 39.3 Å². The molecule has 0 bridgehead atoms. The van der Waals surface area contributed by atoms with Gasteiger partial charge in [0.2, 0.25) is 0 Å². The van der Waals surface area contributed by atoms with Crippen LogP contribution in [0.15, 0.2) is 88.1 Å². The van der Waals surface area contributed by atoms with Crippen LogP contribution in [-0.2, 0) is 22.6 Å². The van der Waals surface area contributed by atoms with Crippen molar-refractivity contribution in [3.05, 3.63) is 112 Å². The lowest BCUT2D eigenvalue weighted by Crippen LogP contribution is -2.36. The lowest BCUT2D eigenvalue weighted by molar-refractivity contribution is -0.136. The van der Waals surface area contributed by atoms with Crippen LogP contribution in [0.1, 0.15) is 41.6 Å². The van der Waals surface area contributed by atoms with Crippen molar-refractivity contribution in [2.75, 3.05) is 0 Å². The van der Waals surface area contributed by atoms with Gasteiger partial charge in [0.1, 0.15) is 17.9 Å². The molecular formula is C29H27NO6. The van der Waals surface area contributed by atoms with Gasteiger partial charge in [0.05, 0.1) is 0 Å². The number of alkyl carbamates (subject to hydrolysis) is 1. The maximum Gasteiger partial charge on any atom is 0.408 e. The van der Waals surface area contributed by atoms with Crippen LogP contribution in [0.5, 0.6) is 5.75 Å². The molecule has 0 aliphatic heterocycles.